The molecule has 4 heteroatoms. The van der Waals surface area contributed by atoms with Crippen LogP contribution in [-0.4, -0.2) is 16.8 Å². The molecule has 0 aliphatic rings. The van der Waals surface area contributed by atoms with Crippen molar-refractivity contribution in [3.05, 3.63) is 42.5 Å². The molecule has 2 aromatic rings. The lowest BCUT2D eigenvalue weighted by molar-refractivity contribution is 0.318. The summed E-state index contributed by atoms with van der Waals surface area (Å²) in [6.45, 7) is 2.34. The first-order valence-corrected chi connectivity index (χ1v) is 5.61. The fourth-order valence-electron chi connectivity index (χ4n) is 1.49. The zero-order valence-corrected chi connectivity index (χ0v) is 9.96. The zero-order valence-electron chi connectivity index (χ0n) is 9.96. The van der Waals surface area contributed by atoms with Crippen LogP contribution < -0.4 is 9.47 Å². The van der Waals surface area contributed by atoms with Crippen LogP contribution in [0.3, 0.4) is 0 Å². The SMILES string of the molecule is CCOc1cc(O)ccc1Oc1ccc(O)cc1. The van der Waals surface area contributed by atoms with Crippen LogP contribution in [0, 0.1) is 0 Å². The van der Waals surface area contributed by atoms with Crippen molar-refractivity contribution in [3.8, 4) is 28.7 Å². The molecule has 2 N–H and O–H groups in total. The molecule has 0 fully saturated rings. The molecule has 0 aliphatic heterocycles. The first-order valence-electron chi connectivity index (χ1n) is 5.61. The second-order valence-corrected chi connectivity index (χ2v) is 3.66. The molecule has 0 amide bonds. The van der Waals surface area contributed by atoms with Gasteiger partial charge >= 0.3 is 0 Å². The standard InChI is InChI=1S/C14H14O4/c1-2-17-14-9-11(16)5-8-13(14)18-12-6-3-10(15)4-7-12/h3-9,15-16H,2H2,1H3. The number of aromatic hydroxyl groups is 2. The van der Waals surface area contributed by atoms with Gasteiger partial charge in [-0.2, -0.15) is 0 Å². The van der Waals surface area contributed by atoms with Crippen molar-refractivity contribution in [3.63, 3.8) is 0 Å². The monoisotopic (exact) mass is 246 g/mol. The predicted octanol–water partition coefficient (Wildman–Crippen LogP) is 3.29. The van der Waals surface area contributed by atoms with Gasteiger partial charge < -0.3 is 19.7 Å². The lowest BCUT2D eigenvalue weighted by atomic mass is 10.3. The van der Waals surface area contributed by atoms with E-state index < -0.39 is 0 Å². The van der Waals surface area contributed by atoms with Gasteiger partial charge in [-0.1, -0.05) is 0 Å². The summed E-state index contributed by atoms with van der Waals surface area (Å²) < 4.78 is 11.0. The minimum Gasteiger partial charge on any atom is -0.508 e. The molecule has 94 valence electrons. The molecule has 0 heterocycles. The van der Waals surface area contributed by atoms with Crippen LogP contribution in [0.25, 0.3) is 0 Å². The van der Waals surface area contributed by atoms with E-state index in [4.69, 9.17) is 9.47 Å². The first-order chi connectivity index (χ1) is 8.69. The molecule has 18 heavy (non-hydrogen) atoms. The van der Waals surface area contributed by atoms with Crippen molar-refractivity contribution in [2.45, 2.75) is 6.92 Å². The van der Waals surface area contributed by atoms with Gasteiger partial charge in [0.2, 0.25) is 0 Å². The average molecular weight is 246 g/mol. The molecule has 0 saturated heterocycles. The molecule has 0 radical (unpaired) electrons. The van der Waals surface area contributed by atoms with E-state index >= 15 is 0 Å². The van der Waals surface area contributed by atoms with E-state index in [1.165, 1.54) is 24.3 Å². The van der Waals surface area contributed by atoms with Gasteiger partial charge in [0.25, 0.3) is 0 Å². The molecular weight excluding hydrogens is 232 g/mol. The number of phenolic OH excluding ortho intramolecular Hbond substituents is 2. The minimum atomic E-state index is 0.122. The Bertz CT molecular complexity index is 520. The molecule has 0 unspecified atom stereocenters. The molecule has 0 aromatic heterocycles. The van der Waals surface area contributed by atoms with Crippen molar-refractivity contribution < 1.29 is 19.7 Å². The second kappa shape index (κ2) is 5.31. The lowest BCUT2D eigenvalue weighted by Crippen LogP contribution is -1.94. The summed E-state index contributed by atoms with van der Waals surface area (Å²) in [4.78, 5) is 0. The molecule has 0 spiro atoms. The van der Waals surface area contributed by atoms with Gasteiger partial charge in [0, 0.05) is 6.07 Å². The van der Waals surface area contributed by atoms with Crippen molar-refractivity contribution in [2.75, 3.05) is 6.61 Å². The fraction of sp³-hybridized carbons (Fsp3) is 0.143. The number of benzene rings is 2. The predicted molar refractivity (Wildman–Crippen MR) is 67.5 cm³/mol. The highest BCUT2D eigenvalue weighted by Crippen LogP contribution is 2.34. The molecule has 0 saturated carbocycles. The van der Waals surface area contributed by atoms with Crippen LogP contribution in [0.15, 0.2) is 42.5 Å². The Morgan fingerprint density at radius 3 is 2.22 bits per heavy atom. The number of phenols is 2. The Morgan fingerprint density at radius 2 is 1.56 bits per heavy atom. The molecule has 2 rings (SSSR count). The van der Waals surface area contributed by atoms with Crippen LogP contribution >= 0.6 is 0 Å². The van der Waals surface area contributed by atoms with Gasteiger partial charge in [-0.05, 0) is 43.3 Å². The van der Waals surface area contributed by atoms with Crippen LogP contribution in [0.5, 0.6) is 28.7 Å². The average Bonchev–Trinajstić information content (AvgIpc) is 2.36. The third-order valence-electron chi connectivity index (χ3n) is 2.29. The highest BCUT2D eigenvalue weighted by atomic mass is 16.5. The molecular formula is C14H14O4. The van der Waals surface area contributed by atoms with Crippen molar-refractivity contribution in [2.24, 2.45) is 0 Å². The maximum Gasteiger partial charge on any atom is 0.169 e. The summed E-state index contributed by atoms with van der Waals surface area (Å²) in [7, 11) is 0. The Morgan fingerprint density at radius 1 is 0.889 bits per heavy atom. The third kappa shape index (κ3) is 2.85. The van der Waals surface area contributed by atoms with Crippen LogP contribution in [-0.2, 0) is 0 Å². The van der Waals surface area contributed by atoms with E-state index in [2.05, 4.69) is 0 Å². The van der Waals surface area contributed by atoms with Gasteiger partial charge in [0.05, 0.1) is 6.61 Å². The summed E-state index contributed by atoms with van der Waals surface area (Å²) in [6, 6.07) is 11.0. The molecule has 0 bridgehead atoms. The minimum absolute atomic E-state index is 0.122. The molecule has 0 atom stereocenters. The highest BCUT2D eigenvalue weighted by Gasteiger charge is 2.07. The lowest BCUT2D eigenvalue weighted by Gasteiger charge is -2.11. The van der Waals surface area contributed by atoms with E-state index in [0.29, 0.717) is 23.9 Å². The van der Waals surface area contributed by atoms with Gasteiger partial charge in [-0.15, -0.1) is 0 Å². The maximum atomic E-state index is 9.40. The first kappa shape index (κ1) is 12.1. The maximum absolute atomic E-state index is 9.40. The van der Waals surface area contributed by atoms with Crippen LogP contribution in [0.1, 0.15) is 6.92 Å². The Hall–Kier alpha value is -2.36. The van der Waals surface area contributed by atoms with Gasteiger partial charge in [-0.25, -0.2) is 0 Å². The van der Waals surface area contributed by atoms with E-state index in [1.807, 2.05) is 6.92 Å². The normalized spacial score (nSPS) is 10.1. The van der Waals surface area contributed by atoms with E-state index in [0.717, 1.165) is 0 Å². The Kier molecular flexibility index (Phi) is 3.57. The number of rotatable bonds is 4. The van der Waals surface area contributed by atoms with Crippen LogP contribution in [0.4, 0.5) is 0 Å². The molecule has 4 nitrogen and oxygen atoms in total. The fourth-order valence-corrected chi connectivity index (χ4v) is 1.49. The smallest absolute Gasteiger partial charge is 0.169 e. The summed E-state index contributed by atoms with van der Waals surface area (Å²) in [6.07, 6.45) is 0. The summed E-state index contributed by atoms with van der Waals surface area (Å²) in [5.41, 5.74) is 0. The quantitative estimate of drug-likeness (QED) is 0.869. The van der Waals surface area contributed by atoms with E-state index in [-0.39, 0.29) is 11.5 Å². The number of ether oxygens (including phenoxy) is 2. The Balaban J connectivity index is 2.25. The van der Waals surface area contributed by atoms with Gasteiger partial charge in [0.1, 0.15) is 17.2 Å². The van der Waals surface area contributed by atoms with Crippen molar-refractivity contribution >= 4 is 0 Å². The second-order valence-electron chi connectivity index (χ2n) is 3.66. The highest BCUT2D eigenvalue weighted by molar-refractivity contribution is 5.47. The third-order valence-corrected chi connectivity index (χ3v) is 2.29. The topological polar surface area (TPSA) is 58.9 Å². The van der Waals surface area contributed by atoms with Gasteiger partial charge in [-0.3, -0.25) is 0 Å². The number of hydrogen-bond donors (Lipinski definition) is 2. The summed E-state index contributed by atoms with van der Waals surface area (Å²) >= 11 is 0. The van der Waals surface area contributed by atoms with E-state index in [9.17, 15) is 10.2 Å². The van der Waals surface area contributed by atoms with E-state index in [1.54, 1.807) is 18.2 Å². The number of hydrogen-bond acceptors (Lipinski definition) is 4. The van der Waals surface area contributed by atoms with Crippen molar-refractivity contribution in [1.29, 1.82) is 0 Å². The zero-order chi connectivity index (χ0) is 13.0. The van der Waals surface area contributed by atoms with Crippen LogP contribution in [0.2, 0.25) is 0 Å². The summed E-state index contributed by atoms with van der Waals surface area (Å²) in [5, 5.41) is 18.6. The molecule has 2 aromatic carbocycles. The van der Waals surface area contributed by atoms with Crippen molar-refractivity contribution in [1.82, 2.24) is 0 Å². The molecule has 0 aliphatic carbocycles. The Labute approximate surface area is 105 Å². The largest absolute Gasteiger partial charge is 0.508 e. The summed E-state index contributed by atoms with van der Waals surface area (Å²) in [5.74, 6) is 1.87. The van der Waals surface area contributed by atoms with Gasteiger partial charge in [0.15, 0.2) is 11.5 Å².